The lowest BCUT2D eigenvalue weighted by molar-refractivity contribution is 0.0386. The van der Waals surface area contributed by atoms with E-state index in [1.165, 1.54) is 0 Å². The third-order valence-electron chi connectivity index (χ3n) is 4.08. The highest BCUT2D eigenvalue weighted by Crippen LogP contribution is 2.45. The van der Waals surface area contributed by atoms with Crippen molar-refractivity contribution in [3.05, 3.63) is 94.5 Å². The molecule has 2 nitrogen and oxygen atoms in total. The van der Waals surface area contributed by atoms with Crippen molar-refractivity contribution >= 4 is 17.6 Å². The fourth-order valence-corrected chi connectivity index (χ4v) is 3.12. The summed E-state index contributed by atoms with van der Waals surface area (Å²) in [5.74, 6) is -0.349. The summed E-state index contributed by atoms with van der Waals surface area (Å²) in [4.78, 5) is 12.5. The first-order valence-electron chi connectivity index (χ1n) is 7.39. The van der Waals surface area contributed by atoms with Crippen molar-refractivity contribution in [2.45, 2.75) is 6.10 Å². The Bertz CT molecular complexity index is 839. The molecule has 0 heterocycles. The first-order valence-corrected chi connectivity index (χ1v) is 7.76. The molecular weight excluding hydrogens is 308 g/mol. The first-order chi connectivity index (χ1) is 11.2. The molecule has 0 N–H and O–H groups in total. The van der Waals surface area contributed by atoms with E-state index in [0.717, 1.165) is 22.3 Å². The number of benzene rings is 3. The molecule has 0 unspecified atom stereocenters. The van der Waals surface area contributed by atoms with Crippen molar-refractivity contribution in [3.63, 3.8) is 0 Å². The van der Waals surface area contributed by atoms with Crippen LogP contribution in [0.1, 0.15) is 27.6 Å². The van der Waals surface area contributed by atoms with Crippen LogP contribution in [-0.4, -0.2) is 5.97 Å². The maximum atomic E-state index is 12.5. The highest BCUT2D eigenvalue weighted by molar-refractivity contribution is 6.30. The molecule has 0 fully saturated rings. The first kappa shape index (κ1) is 14.0. The van der Waals surface area contributed by atoms with E-state index >= 15 is 0 Å². The van der Waals surface area contributed by atoms with E-state index in [1.807, 2.05) is 36.4 Å². The van der Waals surface area contributed by atoms with Gasteiger partial charge in [0.2, 0.25) is 0 Å². The molecule has 0 saturated carbocycles. The summed E-state index contributed by atoms with van der Waals surface area (Å²) in [6, 6.07) is 22.8. The van der Waals surface area contributed by atoms with E-state index in [0.29, 0.717) is 10.6 Å². The molecule has 0 aromatic heterocycles. The molecule has 1 aliphatic rings. The monoisotopic (exact) mass is 320 g/mol. The minimum Gasteiger partial charge on any atom is -0.449 e. The molecule has 3 aromatic carbocycles. The summed E-state index contributed by atoms with van der Waals surface area (Å²) < 4.78 is 5.81. The van der Waals surface area contributed by atoms with Crippen LogP contribution < -0.4 is 0 Å². The van der Waals surface area contributed by atoms with E-state index in [1.54, 1.807) is 24.3 Å². The van der Waals surface area contributed by atoms with Gasteiger partial charge >= 0.3 is 5.97 Å². The fraction of sp³-hybridized carbons (Fsp3) is 0.0500. The van der Waals surface area contributed by atoms with Gasteiger partial charge in [-0.2, -0.15) is 0 Å². The van der Waals surface area contributed by atoms with Crippen molar-refractivity contribution in [2.24, 2.45) is 0 Å². The molecule has 4 rings (SSSR count). The van der Waals surface area contributed by atoms with Gasteiger partial charge in [0.25, 0.3) is 0 Å². The van der Waals surface area contributed by atoms with Crippen LogP contribution in [0.25, 0.3) is 11.1 Å². The van der Waals surface area contributed by atoms with Crippen LogP contribution >= 0.6 is 11.6 Å². The number of esters is 1. The number of ether oxygens (including phenoxy) is 1. The molecule has 3 aromatic rings. The van der Waals surface area contributed by atoms with Crippen LogP contribution in [0, 0.1) is 0 Å². The molecule has 0 bridgehead atoms. The standard InChI is InChI=1S/C20H13ClO2/c21-14-11-9-13(10-12-14)20(22)23-19-17-7-3-1-5-15(17)16-6-2-4-8-18(16)19/h1-12,19H. The number of hydrogen-bond acceptors (Lipinski definition) is 2. The average molecular weight is 321 g/mol. The van der Waals surface area contributed by atoms with Gasteiger partial charge < -0.3 is 4.74 Å². The SMILES string of the molecule is O=C(OC1c2ccccc2-c2ccccc21)c1ccc(Cl)cc1. The number of fused-ring (bicyclic) bond motifs is 3. The van der Waals surface area contributed by atoms with Crippen molar-refractivity contribution in [2.75, 3.05) is 0 Å². The second-order valence-corrected chi connectivity index (χ2v) is 5.90. The van der Waals surface area contributed by atoms with Crippen molar-refractivity contribution < 1.29 is 9.53 Å². The van der Waals surface area contributed by atoms with Crippen molar-refractivity contribution in [1.29, 1.82) is 0 Å². The van der Waals surface area contributed by atoms with Crippen LogP contribution in [0.4, 0.5) is 0 Å². The summed E-state index contributed by atoms with van der Waals surface area (Å²) in [6.07, 6.45) is -0.370. The van der Waals surface area contributed by atoms with Crippen LogP contribution in [-0.2, 0) is 4.74 Å². The Labute approximate surface area is 139 Å². The minimum atomic E-state index is -0.370. The van der Waals surface area contributed by atoms with Gasteiger partial charge in [0, 0.05) is 16.1 Å². The van der Waals surface area contributed by atoms with E-state index in [4.69, 9.17) is 16.3 Å². The van der Waals surface area contributed by atoms with Crippen LogP contribution in [0.2, 0.25) is 5.02 Å². The van der Waals surface area contributed by atoms with Gasteiger partial charge in [-0.05, 0) is 35.4 Å². The number of rotatable bonds is 2. The molecule has 0 amide bonds. The molecule has 0 radical (unpaired) electrons. The minimum absolute atomic E-state index is 0.349. The lowest BCUT2D eigenvalue weighted by Gasteiger charge is -2.15. The quantitative estimate of drug-likeness (QED) is 0.601. The third-order valence-corrected chi connectivity index (χ3v) is 4.33. The largest absolute Gasteiger partial charge is 0.449 e. The van der Waals surface area contributed by atoms with Crippen LogP contribution in [0.15, 0.2) is 72.8 Å². The topological polar surface area (TPSA) is 26.3 Å². The third kappa shape index (κ3) is 2.41. The summed E-state index contributed by atoms with van der Waals surface area (Å²) >= 11 is 5.87. The van der Waals surface area contributed by atoms with E-state index in [-0.39, 0.29) is 12.1 Å². The van der Waals surface area contributed by atoms with Gasteiger partial charge in [0.15, 0.2) is 6.10 Å². The lowest BCUT2D eigenvalue weighted by Crippen LogP contribution is -2.10. The van der Waals surface area contributed by atoms with Crippen LogP contribution in [0.5, 0.6) is 0 Å². The Balaban J connectivity index is 1.71. The number of carbonyl (C=O) groups excluding carboxylic acids is 1. The van der Waals surface area contributed by atoms with E-state index in [9.17, 15) is 4.79 Å². The highest BCUT2D eigenvalue weighted by atomic mass is 35.5. The van der Waals surface area contributed by atoms with Gasteiger partial charge in [0.1, 0.15) is 0 Å². The van der Waals surface area contributed by atoms with Gasteiger partial charge in [-0.3, -0.25) is 0 Å². The summed E-state index contributed by atoms with van der Waals surface area (Å²) in [5, 5.41) is 0.595. The smallest absolute Gasteiger partial charge is 0.339 e. The van der Waals surface area contributed by atoms with Crippen LogP contribution in [0.3, 0.4) is 0 Å². The lowest BCUT2D eigenvalue weighted by atomic mass is 10.1. The molecule has 0 aliphatic heterocycles. The normalized spacial score (nSPS) is 12.6. The Kier molecular flexibility index (Phi) is 3.40. The second-order valence-electron chi connectivity index (χ2n) is 5.47. The maximum absolute atomic E-state index is 12.5. The molecule has 3 heteroatoms. The van der Waals surface area contributed by atoms with Gasteiger partial charge in [-0.25, -0.2) is 4.79 Å². The maximum Gasteiger partial charge on any atom is 0.339 e. The molecule has 112 valence electrons. The van der Waals surface area contributed by atoms with E-state index < -0.39 is 0 Å². The van der Waals surface area contributed by atoms with Gasteiger partial charge in [0.05, 0.1) is 5.56 Å². The number of carbonyl (C=O) groups is 1. The average Bonchev–Trinajstić information content (AvgIpc) is 2.90. The second kappa shape index (κ2) is 5.56. The number of halogens is 1. The zero-order valence-electron chi connectivity index (χ0n) is 12.2. The zero-order chi connectivity index (χ0) is 15.8. The fourth-order valence-electron chi connectivity index (χ4n) is 3.00. The summed E-state index contributed by atoms with van der Waals surface area (Å²) in [5.41, 5.74) is 4.79. The van der Waals surface area contributed by atoms with Crippen molar-refractivity contribution in [1.82, 2.24) is 0 Å². The Morgan fingerprint density at radius 3 is 1.87 bits per heavy atom. The zero-order valence-corrected chi connectivity index (χ0v) is 13.0. The van der Waals surface area contributed by atoms with Gasteiger partial charge in [-0.15, -0.1) is 0 Å². The Hall–Kier alpha value is -2.58. The Morgan fingerprint density at radius 1 is 0.783 bits per heavy atom. The molecule has 0 atom stereocenters. The highest BCUT2D eigenvalue weighted by Gasteiger charge is 2.31. The summed E-state index contributed by atoms with van der Waals surface area (Å²) in [7, 11) is 0. The molecular formula is C20H13ClO2. The van der Waals surface area contributed by atoms with Gasteiger partial charge in [-0.1, -0.05) is 60.1 Å². The molecule has 23 heavy (non-hydrogen) atoms. The predicted octanol–water partition coefficient (Wildman–Crippen LogP) is 5.27. The van der Waals surface area contributed by atoms with E-state index in [2.05, 4.69) is 12.1 Å². The number of hydrogen-bond donors (Lipinski definition) is 0. The Morgan fingerprint density at radius 2 is 1.30 bits per heavy atom. The summed E-state index contributed by atoms with van der Waals surface area (Å²) in [6.45, 7) is 0. The molecule has 1 aliphatic carbocycles. The predicted molar refractivity (Wildman–Crippen MR) is 90.6 cm³/mol. The molecule has 0 spiro atoms. The molecule has 0 saturated heterocycles. The van der Waals surface area contributed by atoms with Crippen molar-refractivity contribution in [3.8, 4) is 11.1 Å².